The first-order valence-electron chi connectivity index (χ1n) is 11.5. The van der Waals surface area contributed by atoms with Crippen LogP contribution in [0, 0.1) is 0 Å². The molecule has 3 N–H and O–H groups in total. The molecule has 6 amide bonds. The van der Waals surface area contributed by atoms with E-state index in [0.29, 0.717) is 12.1 Å². The number of carboxylic acids is 1. The Morgan fingerprint density at radius 2 is 1.78 bits per heavy atom. The number of thioether (sulfide) groups is 1. The minimum Gasteiger partial charge on any atom is -0.480 e. The maximum atomic E-state index is 13.3. The van der Waals surface area contributed by atoms with Crippen molar-refractivity contribution in [3.63, 3.8) is 0 Å². The van der Waals surface area contributed by atoms with Crippen molar-refractivity contribution in [2.75, 3.05) is 19.6 Å². The molecule has 1 aromatic rings. The first kappa shape index (κ1) is 25.5. The Morgan fingerprint density at radius 1 is 1.11 bits per heavy atom. The van der Waals surface area contributed by atoms with Gasteiger partial charge in [0.05, 0.1) is 0 Å². The van der Waals surface area contributed by atoms with Crippen LogP contribution < -0.4 is 10.6 Å². The summed E-state index contributed by atoms with van der Waals surface area (Å²) in [5, 5.41) is 14.2. The smallest absolute Gasteiger partial charge is 0.327 e. The van der Waals surface area contributed by atoms with Gasteiger partial charge in [-0.1, -0.05) is 30.3 Å². The van der Waals surface area contributed by atoms with Gasteiger partial charge in [0, 0.05) is 24.4 Å². The molecule has 4 atom stereocenters. The van der Waals surface area contributed by atoms with Crippen LogP contribution in [0.3, 0.4) is 0 Å². The van der Waals surface area contributed by atoms with Crippen molar-refractivity contribution in [2.45, 2.75) is 49.0 Å². The Labute approximate surface area is 211 Å². The standard InChI is InChI=1S/C23H27N5O7S/c1-4-26-10-11-27(19(32)18(26)31)22(35)25-13(12-8-6-5-7-9-12)16(29)24-14-17(30)28-15(21(33)34)23(2,3)36-20(14)28/h5-9,13-15,20H,4,10-11H2,1-3H3,(H,24,29)(H,25,35)(H,33,34)/t13-,14+,15-,20+/m1/s1. The summed E-state index contributed by atoms with van der Waals surface area (Å²) >= 11 is 1.28. The molecule has 192 valence electrons. The Bertz CT molecular complexity index is 1130. The van der Waals surface area contributed by atoms with Gasteiger partial charge in [0.2, 0.25) is 11.8 Å². The van der Waals surface area contributed by atoms with Crippen LogP contribution in [-0.2, 0) is 24.0 Å². The molecule has 3 aliphatic rings. The average molecular weight is 518 g/mol. The van der Waals surface area contributed by atoms with Crippen LogP contribution in [0.2, 0.25) is 0 Å². The van der Waals surface area contributed by atoms with Crippen molar-refractivity contribution in [3.8, 4) is 0 Å². The molecule has 0 radical (unpaired) electrons. The van der Waals surface area contributed by atoms with Crippen LogP contribution >= 0.6 is 11.8 Å². The molecule has 0 spiro atoms. The number of nitrogens with one attached hydrogen (secondary N) is 2. The highest BCUT2D eigenvalue weighted by atomic mass is 32.2. The van der Waals surface area contributed by atoms with E-state index in [1.54, 1.807) is 51.1 Å². The van der Waals surface area contributed by atoms with E-state index in [1.807, 2.05) is 0 Å². The summed E-state index contributed by atoms with van der Waals surface area (Å²) in [5.74, 6) is -4.12. The number of fused-ring (bicyclic) bond motifs is 1. The van der Waals surface area contributed by atoms with Gasteiger partial charge in [0.1, 0.15) is 23.5 Å². The summed E-state index contributed by atoms with van der Waals surface area (Å²) < 4.78 is -0.758. The minimum absolute atomic E-state index is 0.0200. The second-order valence-electron chi connectivity index (χ2n) is 9.22. The monoisotopic (exact) mass is 517 g/mol. The Hall–Kier alpha value is -3.61. The van der Waals surface area contributed by atoms with Crippen LogP contribution in [0.15, 0.2) is 30.3 Å². The molecule has 3 aliphatic heterocycles. The molecule has 4 rings (SSSR count). The number of hydrogen-bond donors (Lipinski definition) is 3. The summed E-state index contributed by atoms with van der Waals surface area (Å²) in [6, 6.07) is 4.11. The Balaban J connectivity index is 1.51. The van der Waals surface area contributed by atoms with Crippen molar-refractivity contribution >= 4 is 47.4 Å². The molecule has 0 unspecified atom stereocenters. The van der Waals surface area contributed by atoms with E-state index in [2.05, 4.69) is 10.6 Å². The number of aliphatic carboxylic acids is 1. The summed E-state index contributed by atoms with van der Waals surface area (Å²) in [6.45, 7) is 5.67. The van der Waals surface area contributed by atoms with E-state index in [0.717, 1.165) is 4.90 Å². The van der Waals surface area contributed by atoms with E-state index >= 15 is 0 Å². The zero-order valence-electron chi connectivity index (χ0n) is 20.0. The van der Waals surface area contributed by atoms with Gasteiger partial charge in [-0.25, -0.2) is 9.59 Å². The van der Waals surface area contributed by atoms with Gasteiger partial charge in [-0.2, -0.15) is 0 Å². The molecule has 13 heteroatoms. The van der Waals surface area contributed by atoms with Crippen LogP contribution in [0.5, 0.6) is 0 Å². The number of imide groups is 1. The number of nitrogens with zero attached hydrogens (tertiary/aromatic N) is 3. The Kier molecular flexibility index (Phi) is 6.69. The molecular formula is C23H27N5O7S. The lowest BCUT2D eigenvalue weighted by atomic mass is 9.95. The van der Waals surface area contributed by atoms with Crippen LogP contribution in [0.25, 0.3) is 0 Å². The Morgan fingerprint density at radius 3 is 2.39 bits per heavy atom. The molecule has 36 heavy (non-hydrogen) atoms. The number of rotatable bonds is 6. The third kappa shape index (κ3) is 4.27. The summed E-state index contributed by atoms with van der Waals surface area (Å²) in [6.07, 6.45) is 0. The highest BCUT2D eigenvalue weighted by molar-refractivity contribution is 8.01. The van der Waals surface area contributed by atoms with Crippen molar-refractivity contribution in [1.82, 2.24) is 25.3 Å². The number of hydrogen-bond acceptors (Lipinski definition) is 7. The van der Waals surface area contributed by atoms with Gasteiger partial charge >= 0.3 is 23.8 Å². The van der Waals surface area contributed by atoms with Gasteiger partial charge in [-0.3, -0.25) is 24.1 Å². The van der Waals surface area contributed by atoms with Crippen LogP contribution in [0.4, 0.5) is 4.79 Å². The third-order valence-corrected chi connectivity index (χ3v) is 8.14. The highest BCUT2D eigenvalue weighted by Crippen LogP contribution is 2.50. The number of amides is 6. The van der Waals surface area contributed by atoms with E-state index in [-0.39, 0.29) is 13.1 Å². The number of carbonyl (C=O) groups is 6. The van der Waals surface area contributed by atoms with E-state index in [9.17, 15) is 33.9 Å². The van der Waals surface area contributed by atoms with E-state index in [4.69, 9.17) is 0 Å². The minimum atomic E-state index is -1.26. The van der Waals surface area contributed by atoms with Gasteiger partial charge in [0.25, 0.3) is 0 Å². The lowest BCUT2D eigenvalue weighted by Crippen LogP contribution is -2.71. The number of likely N-dealkylation sites (N-methyl/N-ethyl adjacent to an activating group) is 1. The fourth-order valence-electron chi connectivity index (χ4n) is 4.70. The number of carboxylic acid groups (broad SMARTS) is 1. The average Bonchev–Trinajstić information content (AvgIpc) is 3.10. The van der Waals surface area contributed by atoms with Crippen LogP contribution in [-0.4, -0.2) is 97.3 Å². The highest BCUT2D eigenvalue weighted by Gasteiger charge is 2.64. The molecule has 0 aromatic heterocycles. The van der Waals surface area contributed by atoms with Crippen LogP contribution in [0.1, 0.15) is 32.4 Å². The molecular weight excluding hydrogens is 490 g/mol. The van der Waals surface area contributed by atoms with E-state index in [1.165, 1.54) is 21.6 Å². The number of benzene rings is 1. The normalized spacial score (nSPS) is 25.7. The molecule has 3 saturated heterocycles. The van der Waals surface area contributed by atoms with Gasteiger partial charge in [-0.05, 0) is 26.3 Å². The number of carbonyl (C=O) groups excluding carboxylic acids is 5. The molecule has 3 fully saturated rings. The molecule has 12 nitrogen and oxygen atoms in total. The van der Waals surface area contributed by atoms with Gasteiger partial charge < -0.3 is 25.5 Å². The SMILES string of the molecule is CCN1CCN(C(=O)N[C@@H](C(=O)N[C@H]2C(=O)N3[C@H]2SC(C)(C)[C@H]3C(=O)O)c2ccccc2)C(=O)C1=O. The second kappa shape index (κ2) is 9.45. The first-order valence-corrected chi connectivity index (χ1v) is 12.3. The summed E-state index contributed by atoms with van der Waals surface area (Å²) in [5.41, 5.74) is 0.403. The largest absolute Gasteiger partial charge is 0.480 e. The number of urea groups is 1. The van der Waals surface area contributed by atoms with Gasteiger partial charge in [0.15, 0.2) is 0 Å². The third-order valence-electron chi connectivity index (χ3n) is 6.57. The zero-order chi connectivity index (χ0) is 26.4. The molecule has 3 heterocycles. The maximum Gasteiger partial charge on any atom is 0.327 e. The fourth-order valence-corrected chi connectivity index (χ4v) is 6.32. The predicted octanol–water partition coefficient (Wildman–Crippen LogP) is -0.240. The second-order valence-corrected chi connectivity index (χ2v) is 11.0. The van der Waals surface area contributed by atoms with Gasteiger partial charge in [-0.15, -0.1) is 11.8 Å². The lowest BCUT2D eigenvalue weighted by Gasteiger charge is -2.44. The van der Waals surface area contributed by atoms with Crippen molar-refractivity contribution in [3.05, 3.63) is 35.9 Å². The quantitative estimate of drug-likeness (QED) is 0.345. The van der Waals surface area contributed by atoms with E-state index < -0.39 is 63.9 Å². The van der Waals surface area contributed by atoms with Crippen molar-refractivity contribution in [2.24, 2.45) is 0 Å². The number of β-lactam (4-membered cyclic amide) rings is 1. The maximum absolute atomic E-state index is 13.3. The summed E-state index contributed by atoms with van der Waals surface area (Å²) in [7, 11) is 0. The molecule has 0 bridgehead atoms. The molecule has 1 aromatic carbocycles. The van der Waals surface area contributed by atoms with Crippen molar-refractivity contribution < 1.29 is 33.9 Å². The van der Waals surface area contributed by atoms with Crippen molar-refractivity contribution in [1.29, 1.82) is 0 Å². The summed E-state index contributed by atoms with van der Waals surface area (Å²) in [4.78, 5) is 78.8. The lowest BCUT2D eigenvalue weighted by molar-refractivity contribution is -0.161. The number of piperazine rings is 1. The zero-order valence-corrected chi connectivity index (χ0v) is 20.8. The predicted molar refractivity (Wildman–Crippen MR) is 127 cm³/mol. The first-order chi connectivity index (χ1) is 17.0. The fraction of sp³-hybridized carbons (Fsp3) is 0.478. The topological polar surface area (TPSA) is 156 Å². The molecule has 0 saturated carbocycles. The molecule has 0 aliphatic carbocycles.